The standard InChI is InChI=1S/C19H22N4O4/c1-12-8-21-13(9-20-12)10-23-11-19-3-2-14(27-19)15(16(19)18(23)25)17(24)22-4-6-26-7-5-22/h2-3,8-9,14-16H,4-7,10-11H2,1H3/t14-,15-,16-,19-/m0/s1. The summed E-state index contributed by atoms with van der Waals surface area (Å²) in [6.07, 6.45) is 7.00. The van der Waals surface area contributed by atoms with Gasteiger partial charge in [-0.25, -0.2) is 0 Å². The first-order chi connectivity index (χ1) is 13.1. The summed E-state index contributed by atoms with van der Waals surface area (Å²) in [5.74, 6) is -0.934. The highest BCUT2D eigenvalue weighted by atomic mass is 16.5. The molecule has 3 saturated heterocycles. The van der Waals surface area contributed by atoms with Crippen molar-refractivity contribution in [3.63, 3.8) is 0 Å². The maximum atomic E-state index is 13.2. The van der Waals surface area contributed by atoms with Gasteiger partial charge in [-0.1, -0.05) is 12.2 Å². The number of carbonyl (C=O) groups is 2. The number of aromatic nitrogens is 2. The molecule has 4 aliphatic heterocycles. The minimum Gasteiger partial charge on any atom is -0.378 e. The van der Waals surface area contributed by atoms with Crippen molar-refractivity contribution in [3.05, 3.63) is 35.9 Å². The molecule has 0 N–H and O–H groups in total. The average molecular weight is 370 g/mol. The van der Waals surface area contributed by atoms with Crippen molar-refractivity contribution in [2.24, 2.45) is 11.8 Å². The first kappa shape index (κ1) is 16.8. The van der Waals surface area contributed by atoms with Gasteiger partial charge in [-0.2, -0.15) is 0 Å². The molecule has 0 saturated carbocycles. The van der Waals surface area contributed by atoms with Gasteiger partial charge >= 0.3 is 0 Å². The number of fused-ring (bicyclic) bond motifs is 1. The molecule has 2 bridgehead atoms. The summed E-state index contributed by atoms with van der Waals surface area (Å²) in [7, 11) is 0. The number of aryl methyl sites for hydroxylation is 1. The number of likely N-dealkylation sites (tertiary alicyclic amines) is 1. The molecule has 5 rings (SSSR count). The molecule has 4 atom stereocenters. The smallest absolute Gasteiger partial charge is 0.230 e. The first-order valence-corrected chi connectivity index (χ1v) is 9.37. The lowest BCUT2D eigenvalue weighted by atomic mass is 9.76. The lowest BCUT2D eigenvalue weighted by Crippen LogP contribution is -2.49. The van der Waals surface area contributed by atoms with Crippen molar-refractivity contribution in [3.8, 4) is 0 Å². The van der Waals surface area contributed by atoms with Crippen LogP contribution < -0.4 is 0 Å². The van der Waals surface area contributed by atoms with Gasteiger partial charge in [0.05, 0.1) is 61.8 Å². The van der Waals surface area contributed by atoms with Gasteiger partial charge in [0, 0.05) is 19.3 Å². The zero-order valence-corrected chi connectivity index (χ0v) is 15.2. The van der Waals surface area contributed by atoms with Crippen LogP contribution in [0, 0.1) is 18.8 Å². The van der Waals surface area contributed by atoms with Crippen LogP contribution >= 0.6 is 0 Å². The van der Waals surface area contributed by atoms with E-state index in [1.54, 1.807) is 22.2 Å². The van der Waals surface area contributed by atoms with Gasteiger partial charge in [0.15, 0.2) is 0 Å². The quantitative estimate of drug-likeness (QED) is 0.693. The van der Waals surface area contributed by atoms with E-state index in [1.165, 1.54) is 0 Å². The van der Waals surface area contributed by atoms with Crippen molar-refractivity contribution in [1.82, 2.24) is 19.8 Å². The third-order valence-corrected chi connectivity index (χ3v) is 5.97. The molecular weight excluding hydrogens is 348 g/mol. The predicted molar refractivity (Wildman–Crippen MR) is 93.3 cm³/mol. The van der Waals surface area contributed by atoms with Gasteiger partial charge in [0.2, 0.25) is 11.8 Å². The van der Waals surface area contributed by atoms with E-state index in [0.29, 0.717) is 39.4 Å². The Balaban J connectivity index is 1.38. The summed E-state index contributed by atoms with van der Waals surface area (Å²) in [4.78, 5) is 38.5. The number of nitrogens with zero attached hydrogens (tertiary/aromatic N) is 4. The Labute approximate surface area is 157 Å². The molecule has 8 nitrogen and oxygen atoms in total. The second kappa shape index (κ2) is 6.10. The molecule has 142 valence electrons. The monoisotopic (exact) mass is 370 g/mol. The molecule has 0 unspecified atom stereocenters. The Hall–Kier alpha value is -2.32. The predicted octanol–water partition coefficient (Wildman–Crippen LogP) is -0.0742. The van der Waals surface area contributed by atoms with Crippen LogP contribution in [-0.2, 0) is 25.6 Å². The van der Waals surface area contributed by atoms with Crippen LogP contribution in [0.5, 0.6) is 0 Å². The van der Waals surface area contributed by atoms with Crippen molar-refractivity contribution in [2.45, 2.75) is 25.2 Å². The Morgan fingerprint density at radius 3 is 2.85 bits per heavy atom. The molecule has 1 spiro atoms. The maximum Gasteiger partial charge on any atom is 0.230 e. The van der Waals surface area contributed by atoms with Crippen LogP contribution in [0.3, 0.4) is 0 Å². The maximum absolute atomic E-state index is 13.2. The van der Waals surface area contributed by atoms with Gasteiger partial charge in [-0.15, -0.1) is 0 Å². The van der Waals surface area contributed by atoms with Crippen molar-refractivity contribution in [2.75, 3.05) is 32.8 Å². The fourth-order valence-electron chi connectivity index (χ4n) is 4.69. The van der Waals surface area contributed by atoms with E-state index in [4.69, 9.17) is 9.47 Å². The lowest BCUT2D eigenvalue weighted by molar-refractivity contribution is -0.146. The van der Waals surface area contributed by atoms with Gasteiger partial charge < -0.3 is 19.3 Å². The summed E-state index contributed by atoms with van der Waals surface area (Å²) in [5, 5.41) is 0. The van der Waals surface area contributed by atoms with E-state index in [-0.39, 0.29) is 17.9 Å². The molecule has 2 amide bonds. The summed E-state index contributed by atoms with van der Waals surface area (Å²) < 4.78 is 11.5. The largest absolute Gasteiger partial charge is 0.378 e. The van der Waals surface area contributed by atoms with Crippen LogP contribution in [0.15, 0.2) is 24.5 Å². The summed E-state index contributed by atoms with van der Waals surface area (Å²) in [6.45, 7) is 4.94. The van der Waals surface area contributed by atoms with Gasteiger partial charge in [0.1, 0.15) is 5.60 Å². The van der Waals surface area contributed by atoms with E-state index >= 15 is 0 Å². The number of morpholine rings is 1. The fraction of sp³-hybridized carbons (Fsp3) is 0.579. The van der Waals surface area contributed by atoms with E-state index < -0.39 is 17.4 Å². The number of carbonyl (C=O) groups excluding carboxylic acids is 2. The van der Waals surface area contributed by atoms with Crippen LogP contribution in [-0.4, -0.2) is 76.1 Å². The number of ether oxygens (including phenoxy) is 2. The minimum atomic E-state index is -0.688. The SMILES string of the molecule is Cc1cnc(CN2C[C@]34C=C[C@H](O3)[C@H](C(=O)N3CCOCC3)[C@H]4C2=O)cn1. The van der Waals surface area contributed by atoms with Crippen LogP contribution in [0.2, 0.25) is 0 Å². The Bertz CT molecular complexity index is 804. The third-order valence-electron chi connectivity index (χ3n) is 5.97. The average Bonchev–Trinajstić information content (AvgIpc) is 3.32. The molecule has 0 aromatic carbocycles. The third kappa shape index (κ3) is 2.58. The molecule has 1 aromatic heterocycles. The lowest BCUT2D eigenvalue weighted by Gasteiger charge is -2.32. The second-order valence-corrected chi connectivity index (χ2v) is 7.68. The highest BCUT2D eigenvalue weighted by Crippen LogP contribution is 2.52. The van der Waals surface area contributed by atoms with E-state index in [9.17, 15) is 9.59 Å². The van der Waals surface area contributed by atoms with Crippen LogP contribution in [0.4, 0.5) is 0 Å². The van der Waals surface area contributed by atoms with Gasteiger partial charge in [-0.05, 0) is 6.92 Å². The Morgan fingerprint density at radius 2 is 2.11 bits per heavy atom. The molecule has 8 heteroatoms. The highest BCUT2D eigenvalue weighted by molar-refractivity contribution is 5.93. The topological polar surface area (TPSA) is 84.9 Å². The summed E-state index contributed by atoms with van der Waals surface area (Å²) in [6, 6.07) is 0. The van der Waals surface area contributed by atoms with E-state index in [0.717, 1.165) is 11.4 Å². The minimum absolute atomic E-state index is 0.00449. The molecular formula is C19H22N4O4. The molecule has 5 heterocycles. The van der Waals surface area contributed by atoms with Gasteiger partial charge in [0.25, 0.3) is 0 Å². The number of hydrogen-bond acceptors (Lipinski definition) is 6. The van der Waals surface area contributed by atoms with Gasteiger partial charge in [-0.3, -0.25) is 19.6 Å². The highest BCUT2D eigenvalue weighted by Gasteiger charge is 2.67. The molecule has 1 aromatic rings. The van der Waals surface area contributed by atoms with Crippen molar-refractivity contribution >= 4 is 11.8 Å². The zero-order chi connectivity index (χ0) is 18.6. The second-order valence-electron chi connectivity index (χ2n) is 7.68. The van der Waals surface area contributed by atoms with Crippen molar-refractivity contribution in [1.29, 1.82) is 0 Å². The number of rotatable bonds is 3. The fourth-order valence-corrected chi connectivity index (χ4v) is 4.69. The zero-order valence-electron chi connectivity index (χ0n) is 15.2. The van der Waals surface area contributed by atoms with Crippen molar-refractivity contribution < 1.29 is 19.1 Å². The summed E-state index contributed by atoms with van der Waals surface area (Å²) >= 11 is 0. The summed E-state index contributed by atoms with van der Waals surface area (Å²) in [5.41, 5.74) is 0.884. The van der Waals surface area contributed by atoms with E-state index in [1.807, 2.05) is 19.1 Å². The molecule has 0 aliphatic carbocycles. The first-order valence-electron chi connectivity index (χ1n) is 9.37. The normalized spacial score (nSPS) is 34.4. The Kier molecular flexibility index (Phi) is 3.80. The molecule has 27 heavy (non-hydrogen) atoms. The number of amides is 2. The molecule has 0 radical (unpaired) electrons. The van der Waals surface area contributed by atoms with Crippen LogP contribution in [0.1, 0.15) is 11.4 Å². The number of hydrogen-bond donors (Lipinski definition) is 0. The Morgan fingerprint density at radius 1 is 1.30 bits per heavy atom. The molecule has 3 fully saturated rings. The van der Waals surface area contributed by atoms with E-state index in [2.05, 4.69) is 9.97 Å². The molecule has 4 aliphatic rings. The van der Waals surface area contributed by atoms with Crippen LogP contribution in [0.25, 0.3) is 0 Å².